The molecule has 2 saturated heterocycles. The van der Waals surface area contributed by atoms with Gasteiger partial charge in [0.15, 0.2) is 0 Å². The van der Waals surface area contributed by atoms with E-state index in [1.54, 1.807) is 19.5 Å². The summed E-state index contributed by atoms with van der Waals surface area (Å²) in [4.78, 5) is 33.7. The fourth-order valence-corrected chi connectivity index (χ4v) is 3.23. The van der Waals surface area contributed by atoms with Crippen molar-refractivity contribution in [3.05, 3.63) is 18.5 Å². The fourth-order valence-electron chi connectivity index (χ4n) is 3.23. The van der Waals surface area contributed by atoms with Crippen LogP contribution in [0.25, 0.3) is 0 Å². The van der Waals surface area contributed by atoms with Crippen LogP contribution < -0.4 is 4.90 Å². The maximum Gasteiger partial charge on any atom is 0.490 e. The Hall–Kier alpha value is -2.47. The minimum Gasteiger partial charge on any atom is -0.475 e. The standard InChI is InChI=1S/C15H22N4O3.C2HF3O2/c1-21-9-13(20)18-7-8-22-12-15(10-18)3-6-19(11-15)14-16-4-2-5-17-14;3-2(4,5)1(6)7/h2,4-5H,3,6-12H2,1H3;(H,6,7). The Labute approximate surface area is 165 Å². The van der Waals surface area contributed by atoms with Crippen LogP contribution in [-0.2, 0) is 19.1 Å². The summed E-state index contributed by atoms with van der Waals surface area (Å²) in [5.74, 6) is -1.98. The van der Waals surface area contributed by atoms with Crippen LogP contribution >= 0.6 is 0 Å². The van der Waals surface area contributed by atoms with Crippen molar-refractivity contribution in [1.82, 2.24) is 14.9 Å². The first kappa shape index (κ1) is 22.8. The van der Waals surface area contributed by atoms with Gasteiger partial charge in [-0.2, -0.15) is 13.2 Å². The molecule has 1 unspecified atom stereocenters. The lowest BCUT2D eigenvalue weighted by molar-refractivity contribution is -0.192. The van der Waals surface area contributed by atoms with Crippen molar-refractivity contribution in [1.29, 1.82) is 0 Å². The molecule has 29 heavy (non-hydrogen) atoms. The average molecular weight is 420 g/mol. The average Bonchev–Trinajstić information content (AvgIpc) is 2.96. The van der Waals surface area contributed by atoms with Crippen LogP contribution in [0, 0.1) is 5.41 Å². The summed E-state index contributed by atoms with van der Waals surface area (Å²) >= 11 is 0. The largest absolute Gasteiger partial charge is 0.490 e. The number of rotatable bonds is 3. The second-order valence-electron chi connectivity index (χ2n) is 6.82. The van der Waals surface area contributed by atoms with Crippen molar-refractivity contribution in [3.63, 3.8) is 0 Å². The van der Waals surface area contributed by atoms with Gasteiger partial charge in [-0.3, -0.25) is 4.79 Å². The minimum absolute atomic E-state index is 0.0294. The molecule has 1 aromatic heterocycles. The first-order valence-corrected chi connectivity index (χ1v) is 8.83. The lowest BCUT2D eigenvalue weighted by atomic mass is 9.87. The summed E-state index contributed by atoms with van der Waals surface area (Å²) in [7, 11) is 1.55. The molecule has 0 aromatic carbocycles. The van der Waals surface area contributed by atoms with Crippen LogP contribution in [0.3, 0.4) is 0 Å². The highest BCUT2D eigenvalue weighted by atomic mass is 19.4. The molecule has 1 atom stereocenters. The maximum absolute atomic E-state index is 12.1. The molecule has 0 aliphatic carbocycles. The molecule has 3 heterocycles. The Morgan fingerprint density at radius 2 is 1.93 bits per heavy atom. The van der Waals surface area contributed by atoms with Gasteiger partial charge >= 0.3 is 12.1 Å². The number of carboxylic acids is 1. The number of hydrogen-bond acceptors (Lipinski definition) is 7. The van der Waals surface area contributed by atoms with Crippen LogP contribution in [0.5, 0.6) is 0 Å². The molecule has 3 rings (SSSR count). The molecule has 2 aliphatic heterocycles. The first-order chi connectivity index (χ1) is 13.7. The van der Waals surface area contributed by atoms with Crippen molar-refractivity contribution in [3.8, 4) is 0 Å². The SMILES string of the molecule is COCC(=O)N1CCOCC2(CCN(c3ncccn3)C2)C1.O=C(O)C(F)(F)F. The molecule has 0 bridgehead atoms. The van der Waals surface area contributed by atoms with Gasteiger partial charge in [0.2, 0.25) is 11.9 Å². The van der Waals surface area contributed by atoms with Gasteiger partial charge in [0.1, 0.15) is 6.61 Å². The van der Waals surface area contributed by atoms with Crippen LogP contribution in [0.4, 0.5) is 19.1 Å². The number of methoxy groups -OCH3 is 1. The topological polar surface area (TPSA) is 105 Å². The number of ether oxygens (including phenoxy) is 2. The van der Waals surface area contributed by atoms with Crippen molar-refractivity contribution in [2.75, 3.05) is 58.0 Å². The third-order valence-corrected chi connectivity index (χ3v) is 4.58. The molecule has 0 saturated carbocycles. The van der Waals surface area contributed by atoms with Gasteiger partial charge in [-0.1, -0.05) is 0 Å². The molecule has 0 radical (unpaired) electrons. The van der Waals surface area contributed by atoms with E-state index in [1.165, 1.54) is 0 Å². The molecule has 12 heteroatoms. The van der Waals surface area contributed by atoms with Crippen molar-refractivity contribution in [2.24, 2.45) is 5.41 Å². The zero-order chi connectivity index (χ0) is 21.5. The summed E-state index contributed by atoms with van der Waals surface area (Å²) in [5.41, 5.74) is -0.0426. The Kier molecular flexibility index (Phi) is 7.73. The Balaban J connectivity index is 0.000000370. The predicted octanol–water partition coefficient (Wildman–Crippen LogP) is 0.812. The van der Waals surface area contributed by atoms with Gasteiger partial charge in [0.05, 0.1) is 13.2 Å². The Morgan fingerprint density at radius 3 is 2.52 bits per heavy atom. The van der Waals surface area contributed by atoms with Gasteiger partial charge in [0.25, 0.3) is 0 Å². The van der Waals surface area contributed by atoms with Gasteiger partial charge in [-0.05, 0) is 12.5 Å². The maximum atomic E-state index is 12.1. The third kappa shape index (κ3) is 6.53. The fraction of sp³-hybridized carbons (Fsp3) is 0.647. The molecular formula is C17H23F3N4O5. The van der Waals surface area contributed by atoms with E-state index >= 15 is 0 Å². The van der Waals surface area contributed by atoms with E-state index in [2.05, 4.69) is 14.9 Å². The van der Waals surface area contributed by atoms with E-state index in [1.807, 2.05) is 11.0 Å². The van der Waals surface area contributed by atoms with Crippen LogP contribution in [0.15, 0.2) is 18.5 Å². The zero-order valence-electron chi connectivity index (χ0n) is 15.9. The summed E-state index contributed by atoms with van der Waals surface area (Å²) in [5, 5.41) is 7.12. The Bertz CT molecular complexity index is 691. The number of amides is 1. The minimum atomic E-state index is -5.08. The number of anilines is 1. The van der Waals surface area contributed by atoms with Crippen LogP contribution in [-0.4, -0.2) is 91.1 Å². The van der Waals surface area contributed by atoms with Crippen molar-refractivity contribution < 1.29 is 37.3 Å². The van der Waals surface area contributed by atoms with E-state index in [0.29, 0.717) is 26.3 Å². The van der Waals surface area contributed by atoms with Gasteiger partial charge in [-0.15, -0.1) is 0 Å². The molecule has 162 valence electrons. The Morgan fingerprint density at radius 1 is 1.28 bits per heavy atom. The first-order valence-electron chi connectivity index (χ1n) is 8.83. The quantitative estimate of drug-likeness (QED) is 0.766. The van der Waals surface area contributed by atoms with Crippen molar-refractivity contribution >= 4 is 17.8 Å². The summed E-state index contributed by atoms with van der Waals surface area (Å²) in [6, 6.07) is 1.81. The second-order valence-corrected chi connectivity index (χ2v) is 6.82. The second kappa shape index (κ2) is 9.83. The number of carbonyl (C=O) groups is 2. The van der Waals surface area contributed by atoms with Crippen LogP contribution in [0.1, 0.15) is 6.42 Å². The lowest BCUT2D eigenvalue weighted by Gasteiger charge is -2.31. The number of nitrogens with zero attached hydrogens (tertiary/aromatic N) is 4. The monoisotopic (exact) mass is 420 g/mol. The molecule has 2 fully saturated rings. The van der Waals surface area contributed by atoms with Crippen LogP contribution in [0.2, 0.25) is 0 Å². The number of carboxylic acid groups (broad SMARTS) is 1. The van der Waals surface area contributed by atoms with Gasteiger partial charge in [-0.25, -0.2) is 14.8 Å². The molecule has 1 N–H and O–H groups in total. The highest BCUT2D eigenvalue weighted by Gasteiger charge is 2.43. The smallest absolute Gasteiger partial charge is 0.475 e. The van der Waals surface area contributed by atoms with E-state index in [4.69, 9.17) is 19.4 Å². The molecule has 1 aromatic rings. The van der Waals surface area contributed by atoms with Crippen molar-refractivity contribution in [2.45, 2.75) is 12.6 Å². The summed E-state index contributed by atoms with van der Waals surface area (Å²) < 4.78 is 42.5. The third-order valence-electron chi connectivity index (χ3n) is 4.58. The van der Waals surface area contributed by atoms with E-state index in [-0.39, 0.29) is 17.9 Å². The molecule has 9 nitrogen and oxygen atoms in total. The number of alkyl halides is 3. The number of aliphatic carboxylic acids is 1. The molecule has 1 amide bonds. The predicted molar refractivity (Wildman–Crippen MR) is 94.3 cm³/mol. The van der Waals surface area contributed by atoms with Gasteiger partial charge in [0, 0.05) is 51.1 Å². The molecule has 2 aliphatic rings. The molecule has 1 spiro atoms. The highest BCUT2D eigenvalue weighted by Crippen LogP contribution is 2.34. The number of hydrogen-bond donors (Lipinski definition) is 1. The van der Waals surface area contributed by atoms with E-state index in [0.717, 1.165) is 25.5 Å². The number of aromatic nitrogens is 2. The number of carbonyl (C=O) groups excluding carboxylic acids is 1. The summed E-state index contributed by atoms with van der Waals surface area (Å²) in [6.45, 7) is 4.42. The highest BCUT2D eigenvalue weighted by molar-refractivity contribution is 5.77. The lowest BCUT2D eigenvalue weighted by Crippen LogP contribution is -2.44. The number of halogens is 3. The summed E-state index contributed by atoms with van der Waals surface area (Å²) in [6.07, 6.45) is -0.599. The van der Waals surface area contributed by atoms with E-state index in [9.17, 15) is 18.0 Å². The zero-order valence-corrected chi connectivity index (χ0v) is 15.9. The molecular weight excluding hydrogens is 397 g/mol. The normalized spacial score (nSPS) is 22.1. The van der Waals surface area contributed by atoms with Gasteiger partial charge < -0.3 is 24.4 Å². The van der Waals surface area contributed by atoms with E-state index < -0.39 is 12.1 Å².